The van der Waals surface area contributed by atoms with Crippen LogP contribution in [0.4, 0.5) is 11.5 Å². The molecule has 38 heavy (non-hydrogen) atoms. The van der Waals surface area contributed by atoms with E-state index in [1.54, 1.807) is 20.3 Å². The molecule has 0 radical (unpaired) electrons. The molecule has 0 saturated heterocycles. The number of nitrogens with zero attached hydrogens (tertiary/aromatic N) is 3. The first-order chi connectivity index (χ1) is 18.6. The third-order valence-corrected chi connectivity index (χ3v) is 7.18. The maximum absolute atomic E-state index is 6.11. The van der Waals surface area contributed by atoms with Crippen molar-refractivity contribution >= 4 is 34.9 Å². The molecule has 1 N–H and O–H groups in total. The van der Waals surface area contributed by atoms with E-state index in [2.05, 4.69) is 15.2 Å². The van der Waals surface area contributed by atoms with Crippen LogP contribution in [0.15, 0.2) is 78.1 Å². The van der Waals surface area contributed by atoms with Crippen molar-refractivity contribution in [1.82, 2.24) is 9.97 Å². The predicted octanol–water partition coefficient (Wildman–Crippen LogP) is 7.22. The van der Waals surface area contributed by atoms with Crippen molar-refractivity contribution in [3.63, 3.8) is 0 Å². The summed E-state index contributed by atoms with van der Waals surface area (Å²) in [7, 11) is 3.34. The van der Waals surface area contributed by atoms with Gasteiger partial charge in [-0.15, -0.1) is 0 Å². The number of hydrogen-bond donors (Lipinski definition) is 1. The lowest BCUT2D eigenvalue weighted by atomic mass is 9.99. The van der Waals surface area contributed by atoms with E-state index >= 15 is 0 Å². The maximum atomic E-state index is 6.11. The number of aromatic nitrogens is 2. The summed E-state index contributed by atoms with van der Waals surface area (Å²) in [6.07, 6.45) is 4.81. The minimum absolute atomic E-state index is 0.0522. The zero-order valence-corrected chi connectivity index (χ0v) is 23.1. The van der Waals surface area contributed by atoms with Gasteiger partial charge in [0, 0.05) is 53.3 Å². The van der Waals surface area contributed by atoms with Gasteiger partial charge in [-0.1, -0.05) is 35.5 Å². The van der Waals surface area contributed by atoms with E-state index in [1.165, 1.54) is 11.8 Å². The molecule has 196 valence electrons. The Labute approximate surface area is 232 Å². The number of halogens is 1. The van der Waals surface area contributed by atoms with Gasteiger partial charge in [0.1, 0.15) is 28.8 Å². The molecule has 4 aromatic rings. The molecule has 1 unspecified atom stereocenters. The van der Waals surface area contributed by atoms with Crippen LogP contribution in [0.3, 0.4) is 0 Å². The van der Waals surface area contributed by atoms with Crippen molar-refractivity contribution in [2.45, 2.75) is 24.2 Å². The van der Waals surface area contributed by atoms with Crippen molar-refractivity contribution < 1.29 is 14.2 Å². The smallest absolute Gasteiger partial charge is 0.189 e. The van der Waals surface area contributed by atoms with Gasteiger partial charge in [0.15, 0.2) is 5.16 Å². The first kappa shape index (κ1) is 26.0. The fourth-order valence-corrected chi connectivity index (χ4v) is 5.04. The number of thioether (sulfide) groups is 1. The maximum Gasteiger partial charge on any atom is 0.189 e. The predicted molar refractivity (Wildman–Crippen MR) is 153 cm³/mol. The standard InChI is InChI=1S/C29H29ClN4O3S/c1-35-22-11-10-19(27(16-22)36-2)18-34-13-12-26(25-17-31-29(38-3)33-28(25)34)32-21-7-5-9-24(15-21)37-23-8-4-6-20(30)14-23/h4-11,14-17,26,32H,12-13,18H2,1-3H3. The highest BCUT2D eigenvalue weighted by Gasteiger charge is 2.28. The number of anilines is 2. The summed E-state index contributed by atoms with van der Waals surface area (Å²) in [6, 6.07) is 21.3. The summed E-state index contributed by atoms with van der Waals surface area (Å²) in [5, 5.41) is 5.05. The van der Waals surface area contributed by atoms with Gasteiger partial charge in [0.05, 0.1) is 20.3 Å². The number of nitrogens with one attached hydrogen (secondary N) is 1. The van der Waals surface area contributed by atoms with Crippen molar-refractivity contribution in [2.24, 2.45) is 0 Å². The average Bonchev–Trinajstić information content (AvgIpc) is 2.94. The molecular weight excluding hydrogens is 520 g/mol. The van der Waals surface area contributed by atoms with E-state index in [1.807, 2.05) is 73.1 Å². The Morgan fingerprint density at radius 3 is 2.58 bits per heavy atom. The van der Waals surface area contributed by atoms with Crippen LogP contribution in [0, 0.1) is 0 Å². The molecular formula is C29H29ClN4O3S. The molecule has 2 heterocycles. The average molecular weight is 549 g/mol. The van der Waals surface area contributed by atoms with Crippen molar-refractivity contribution in [3.8, 4) is 23.0 Å². The molecule has 0 amide bonds. The quantitative estimate of drug-likeness (QED) is 0.173. The minimum atomic E-state index is 0.0522. The highest BCUT2D eigenvalue weighted by molar-refractivity contribution is 7.98. The van der Waals surface area contributed by atoms with Gasteiger partial charge in [-0.05, 0) is 55.1 Å². The fraction of sp³-hybridized carbons (Fsp3) is 0.241. The summed E-state index contributed by atoms with van der Waals surface area (Å²) in [6.45, 7) is 1.49. The number of methoxy groups -OCH3 is 2. The number of rotatable bonds is 9. The molecule has 1 aliphatic rings. The number of hydrogen-bond acceptors (Lipinski definition) is 8. The van der Waals surface area contributed by atoms with Crippen LogP contribution in [0.5, 0.6) is 23.0 Å². The van der Waals surface area contributed by atoms with Crippen LogP contribution in [0.25, 0.3) is 0 Å². The molecule has 9 heteroatoms. The van der Waals surface area contributed by atoms with E-state index in [-0.39, 0.29) is 6.04 Å². The second kappa shape index (κ2) is 11.8. The fourth-order valence-electron chi connectivity index (χ4n) is 4.52. The van der Waals surface area contributed by atoms with Crippen LogP contribution in [0.2, 0.25) is 5.02 Å². The lowest BCUT2D eigenvalue weighted by Crippen LogP contribution is -2.34. The summed E-state index contributed by atoms with van der Waals surface area (Å²) in [5.74, 6) is 3.91. The van der Waals surface area contributed by atoms with Crippen molar-refractivity contribution in [2.75, 3.05) is 37.2 Å². The van der Waals surface area contributed by atoms with Gasteiger partial charge in [-0.2, -0.15) is 0 Å². The molecule has 0 fully saturated rings. The van der Waals surface area contributed by atoms with E-state index in [4.69, 9.17) is 30.8 Å². The molecule has 5 rings (SSSR count). The molecule has 1 aromatic heterocycles. The topological polar surface area (TPSA) is 68.7 Å². The largest absolute Gasteiger partial charge is 0.497 e. The Bertz CT molecular complexity index is 1420. The Morgan fingerprint density at radius 1 is 1.00 bits per heavy atom. The van der Waals surface area contributed by atoms with Crippen molar-refractivity contribution in [1.29, 1.82) is 0 Å². The van der Waals surface area contributed by atoms with Gasteiger partial charge in [0.25, 0.3) is 0 Å². The van der Waals surface area contributed by atoms with E-state index in [0.29, 0.717) is 17.3 Å². The number of fused-ring (bicyclic) bond motifs is 1. The first-order valence-electron chi connectivity index (χ1n) is 12.2. The van der Waals surface area contributed by atoms with Crippen LogP contribution in [0.1, 0.15) is 23.6 Å². The van der Waals surface area contributed by atoms with E-state index in [9.17, 15) is 0 Å². The first-order valence-corrected chi connectivity index (χ1v) is 13.8. The van der Waals surface area contributed by atoms with E-state index < -0.39 is 0 Å². The van der Waals surface area contributed by atoms with Gasteiger partial charge in [-0.3, -0.25) is 0 Å². The molecule has 0 bridgehead atoms. The van der Waals surface area contributed by atoms with Gasteiger partial charge in [-0.25, -0.2) is 9.97 Å². The Balaban J connectivity index is 1.38. The van der Waals surface area contributed by atoms with Gasteiger partial charge in [0.2, 0.25) is 0 Å². The Morgan fingerprint density at radius 2 is 1.82 bits per heavy atom. The minimum Gasteiger partial charge on any atom is -0.497 e. The second-order valence-corrected chi connectivity index (χ2v) is 10.0. The third-order valence-electron chi connectivity index (χ3n) is 6.38. The molecule has 0 aliphatic carbocycles. The van der Waals surface area contributed by atoms with Crippen LogP contribution in [-0.4, -0.2) is 37.0 Å². The monoisotopic (exact) mass is 548 g/mol. The zero-order valence-electron chi connectivity index (χ0n) is 21.5. The third kappa shape index (κ3) is 5.92. The molecule has 1 aliphatic heterocycles. The molecule has 0 saturated carbocycles. The zero-order chi connectivity index (χ0) is 26.5. The Kier molecular flexibility index (Phi) is 8.10. The molecule has 1 atom stereocenters. The van der Waals surface area contributed by atoms with Crippen LogP contribution in [-0.2, 0) is 6.54 Å². The molecule has 0 spiro atoms. The van der Waals surface area contributed by atoms with Crippen molar-refractivity contribution in [3.05, 3.63) is 89.1 Å². The van der Waals surface area contributed by atoms with Crippen LogP contribution < -0.4 is 24.4 Å². The highest BCUT2D eigenvalue weighted by atomic mass is 35.5. The highest BCUT2D eigenvalue weighted by Crippen LogP contribution is 2.38. The lowest BCUT2D eigenvalue weighted by molar-refractivity contribution is 0.390. The SMILES string of the molecule is COc1ccc(CN2CCC(Nc3cccc(Oc4cccc(Cl)c4)c3)c3cnc(SC)nc32)c(OC)c1. The summed E-state index contributed by atoms with van der Waals surface area (Å²) >= 11 is 7.65. The summed E-state index contributed by atoms with van der Waals surface area (Å²) in [5.41, 5.74) is 3.09. The second-order valence-electron chi connectivity index (χ2n) is 8.81. The number of ether oxygens (including phenoxy) is 3. The summed E-state index contributed by atoms with van der Waals surface area (Å²) in [4.78, 5) is 11.8. The lowest BCUT2D eigenvalue weighted by Gasteiger charge is -2.35. The Hall–Kier alpha value is -3.62. The normalized spacial score (nSPS) is 14.5. The van der Waals surface area contributed by atoms with Gasteiger partial charge >= 0.3 is 0 Å². The van der Waals surface area contributed by atoms with E-state index in [0.717, 1.165) is 58.0 Å². The van der Waals surface area contributed by atoms with Crippen LogP contribution >= 0.6 is 23.4 Å². The summed E-state index contributed by atoms with van der Waals surface area (Å²) < 4.78 is 17.0. The number of benzene rings is 3. The van der Waals surface area contributed by atoms with Gasteiger partial charge < -0.3 is 24.4 Å². The molecule has 7 nitrogen and oxygen atoms in total. The molecule has 3 aromatic carbocycles.